The SMILES string of the molecule is CN1CCc2nc(NC(=O)C3CCCN(S(=O)(=O)c4cccs4)C3)sc2C1. The van der Waals surface area contributed by atoms with Crippen LogP contribution < -0.4 is 5.32 Å². The van der Waals surface area contributed by atoms with Gasteiger partial charge in [-0.3, -0.25) is 4.79 Å². The number of nitrogens with one attached hydrogen (secondary N) is 1. The molecule has 0 spiro atoms. The molecule has 4 rings (SSSR count). The lowest BCUT2D eigenvalue weighted by molar-refractivity contribution is -0.120. The molecule has 146 valence electrons. The summed E-state index contributed by atoms with van der Waals surface area (Å²) in [4.78, 5) is 20.7. The van der Waals surface area contributed by atoms with Crippen LogP contribution in [0.3, 0.4) is 0 Å². The van der Waals surface area contributed by atoms with E-state index in [-0.39, 0.29) is 18.4 Å². The van der Waals surface area contributed by atoms with Crippen molar-refractivity contribution in [2.24, 2.45) is 5.92 Å². The van der Waals surface area contributed by atoms with Crippen LogP contribution in [0.5, 0.6) is 0 Å². The number of piperidine rings is 1. The second kappa shape index (κ2) is 7.59. The molecule has 7 nitrogen and oxygen atoms in total. The van der Waals surface area contributed by atoms with Gasteiger partial charge in [0.05, 0.1) is 11.6 Å². The number of rotatable bonds is 4. The van der Waals surface area contributed by atoms with Gasteiger partial charge in [-0.15, -0.1) is 22.7 Å². The van der Waals surface area contributed by atoms with Gasteiger partial charge in [0.2, 0.25) is 5.91 Å². The van der Waals surface area contributed by atoms with E-state index in [4.69, 9.17) is 0 Å². The summed E-state index contributed by atoms with van der Waals surface area (Å²) in [7, 11) is -1.44. The van der Waals surface area contributed by atoms with E-state index in [2.05, 4.69) is 22.2 Å². The normalized spacial score (nSPS) is 21.7. The number of carbonyl (C=O) groups excluding carboxylic acids is 1. The molecule has 0 aliphatic carbocycles. The molecule has 0 bridgehead atoms. The zero-order chi connectivity index (χ0) is 19.0. The average Bonchev–Trinajstić information content (AvgIpc) is 3.31. The fourth-order valence-electron chi connectivity index (χ4n) is 3.50. The first-order valence-corrected chi connectivity index (χ1v) is 12.1. The summed E-state index contributed by atoms with van der Waals surface area (Å²) in [6.45, 7) is 2.52. The fourth-order valence-corrected chi connectivity index (χ4v) is 7.26. The van der Waals surface area contributed by atoms with Gasteiger partial charge in [0.1, 0.15) is 4.21 Å². The minimum atomic E-state index is -3.51. The molecule has 1 amide bonds. The summed E-state index contributed by atoms with van der Waals surface area (Å²) in [6, 6.07) is 3.34. The van der Waals surface area contributed by atoms with E-state index in [1.54, 1.807) is 17.5 Å². The predicted octanol–water partition coefficient (Wildman–Crippen LogP) is 2.23. The number of fused-ring (bicyclic) bond motifs is 1. The van der Waals surface area contributed by atoms with E-state index >= 15 is 0 Å². The van der Waals surface area contributed by atoms with E-state index in [9.17, 15) is 13.2 Å². The largest absolute Gasteiger partial charge is 0.302 e. The number of thiazole rings is 1. The van der Waals surface area contributed by atoms with Gasteiger partial charge in [-0.1, -0.05) is 6.07 Å². The number of carbonyl (C=O) groups is 1. The Hall–Kier alpha value is -1.33. The van der Waals surface area contributed by atoms with Crippen LogP contribution in [0.15, 0.2) is 21.7 Å². The second-order valence-electron chi connectivity index (χ2n) is 7.00. The fraction of sp³-hybridized carbons (Fsp3) is 0.529. The van der Waals surface area contributed by atoms with Crippen molar-refractivity contribution in [2.75, 3.05) is 32.0 Å². The molecule has 1 unspecified atom stereocenters. The molecular formula is C17H22N4O3S3. The van der Waals surface area contributed by atoms with Crippen molar-refractivity contribution in [3.8, 4) is 0 Å². The maximum Gasteiger partial charge on any atom is 0.252 e. The quantitative estimate of drug-likeness (QED) is 0.811. The van der Waals surface area contributed by atoms with Crippen molar-refractivity contribution in [3.05, 3.63) is 28.1 Å². The molecule has 2 aromatic rings. The smallest absolute Gasteiger partial charge is 0.252 e. The Morgan fingerprint density at radius 3 is 3.00 bits per heavy atom. The van der Waals surface area contributed by atoms with Crippen LogP contribution in [-0.4, -0.2) is 55.2 Å². The van der Waals surface area contributed by atoms with Gasteiger partial charge in [0.25, 0.3) is 10.0 Å². The summed E-state index contributed by atoms with van der Waals surface area (Å²) in [5.41, 5.74) is 1.07. The lowest BCUT2D eigenvalue weighted by Gasteiger charge is -2.30. The average molecular weight is 427 g/mol. The molecule has 0 saturated carbocycles. The number of aromatic nitrogens is 1. The highest BCUT2D eigenvalue weighted by Crippen LogP contribution is 2.30. The molecule has 27 heavy (non-hydrogen) atoms. The van der Waals surface area contributed by atoms with Gasteiger partial charge in [-0.2, -0.15) is 4.31 Å². The Morgan fingerprint density at radius 1 is 1.37 bits per heavy atom. The molecule has 0 radical (unpaired) electrons. The Bertz CT molecular complexity index is 923. The summed E-state index contributed by atoms with van der Waals surface area (Å²) >= 11 is 2.73. The topological polar surface area (TPSA) is 82.6 Å². The van der Waals surface area contributed by atoms with Crippen molar-refractivity contribution >= 4 is 43.7 Å². The first-order valence-electron chi connectivity index (χ1n) is 8.95. The van der Waals surface area contributed by atoms with E-state index in [1.807, 2.05) is 0 Å². The van der Waals surface area contributed by atoms with Crippen LogP contribution in [0, 0.1) is 5.92 Å². The van der Waals surface area contributed by atoms with Crippen molar-refractivity contribution in [2.45, 2.75) is 30.0 Å². The molecule has 2 aliphatic rings. The Balaban J connectivity index is 1.43. The van der Waals surface area contributed by atoms with Crippen molar-refractivity contribution in [1.29, 1.82) is 0 Å². The molecule has 10 heteroatoms. The summed E-state index contributed by atoms with van der Waals surface area (Å²) in [5.74, 6) is -0.488. The van der Waals surface area contributed by atoms with Crippen LogP contribution in [0.1, 0.15) is 23.4 Å². The molecule has 1 N–H and O–H groups in total. The number of anilines is 1. The summed E-state index contributed by atoms with van der Waals surface area (Å²) in [6.07, 6.45) is 2.27. The summed E-state index contributed by atoms with van der Waals surface area (Å²) in [5, 5.41) is 5.30. The highest BCUT2D eigenvalue weighted by molar-refractivity contribution is 7.91. The van der Waals surface area contributed by atoms with E-state index in [1.165, 1.54) is 31.9 Å². The predicted molar refractivity (Wildman–Crippen MR) is 107 cm³/mol. The van der Waals surface area contributed by atoms with Gasteiger partial charge in [-0.05, 0) is 31.3 Å². The van der Waals surface area contributed by atoms with Gasteiger partial charge >= 0.3 is 0 Å². The Labute approximate surface area is 167 Å². The number of thiophene rings is 1. The molecule has 2 aliphatic heterocycles. The van der Waals surface area contributed by atoms with Crippen molar-refractivity contribution in [3.63, 3.8) is 0 Å². The highest BCUT2D eigenvalue weighted by Gasteiger charge is 2.34. The number of likely N-dealkylation sites (N-methyl/N-ethyl adjacent to an activating group) is 1. The second-order valence-corrected chi connectivity index (χ2v) is 11.2. The van der Waals surface area contributed by atoms with E-state index in [0.29, 0.717) is 28.7 Å². The molecule has 1 fully saturated rings. The van der Waals surface area contributed by atoms with Crippen LogP contribution >= 0.6 is 22.7 Å². The third kappa shape index (κ3) is 3.95. The Morgan fingerprint density at radius 2 is 2.22 bits per heavy atom. The van der Waals surface area contributed by atoms with Gasteiger partial charge < -0.3 is 10.2 Å². The maximum absolute atomic E-state index is 12.7. The first-order chi connectivity index (χ1) is 12.9. The molecular weight excluding hydrogens is 404 g/mol. The lowest BCUT2D eigenvalue weighted by Crippen LogP contribution is -2.43. The molecule has 2 aromatic heterocycles. The van der Waals surface area contributed by atoms with E-state index < -0.39 is 10.0 Å². The number of hydrogen-bond acceptors (Lipinski definition) is 7. The standard InChI is InChI=1S/C17H22N4O3S3/c1-20-8-6-13-14(11-20)26-17(18-13)19-16(22)12-4-2-7-21(10-12)27(23,24)15-5-3-9-25-15/h3,5,9,12H,2,4,6-8,10-11H2,1H3,(H,18,19,22). The van der Waals surface area contributed by atoms with Crippen LogP contribution in [-0.2, 0) is 27.8 Å². The van der Waals surface area contributed by atoms with Gasteiger partial charge in [0, 0.05) is 37.5 Å². The molecule has 4 heterocycles. The van der Waals surface area contributed by atoms with E-state index in [0.717, 1.165) is 25.2 Å². The number of hydrogen-bond donors (Lipinski definition) is 1. The van der Waals surface area contributed by atoms with Crippen LogP contribution in [0.4, 0.5) is 5.13 Å². The number of nitrogens with zero attached hydrogens (tertiary/aromatic N) is 3. The monoisotopic (exact) mass is 426 g/mol. The maximum atomic E-state index is 12.7. The van der Waals surface area contributed by atoms with Crippen LogP contribution in [0.2, 0.25) is 0 Å². The summed E-state index contributed by atoms with van der Waals surface area (Å²) < 4.78 is 27.2. The first kappa shape index (κ1) is 19.0. The van der Waals surface area contributed by atoms with Gasteiger partial charge in [-0.25, -0.2) is 13.4 Å². The minimum Gasteiger partial charge on any atom is -0.302 e. The van der Waals surface area contributed by atoms with Crippen molar-refractivity contribution in [1.82, 2.24) is 14.2 Å². The molecule has 0 aromatic carbocycles. The third-order valence-electron chi connectivity index (χ3n) is 5.00. The zero-order valence-corrected chi connectivity index (χ0v) is 17.5. The van der Waals surface area contributed by atoms with Crippen LogP contribution in [0.25, 0.3) is 0 Å². The zero-order valence-electron chi connectivity index (χ0n) is 15.1. The third-order valence-corrected chi connectivity index (χ3v) is 9.23. The molecule has 1 saturated heterocycles. The lowest BCUT2D eigenvalue weighted by atomic mass is 9.99. The minimum absolute atomic E-state index is 0.138. The van der Waals surface area contributed by atoms with Gasteiger partial charge in [0.15, 0.2) is 5.13 Å². The molecule has 1 atom stereocenters. The number of amides is 1. The highest BCUT2D eigenvalue weighted by atomic mass is 32.2. The number of sulfonamides is 1. The van der Waals surface area contributed by atoms with Crippen molar-refractivity contribution < 1.29 is 13.2 Å². The Kier molecular flexibility index (Phi) is 5.34.